The van der Waals surface area contributed by atoms with E-state index in [2.05, 4.69) is 55.6 Å². The lowest BCUT2D eigenvalue weighted by molar-refractivity contribution is 0.302. The maximum atomic E-state index is 3.53. The molecule has 0 aliphatic heterocycles. The predicted molar refractivity (Wildman–Crippen MR) is 74.4 cm³/mol. The Hall–Kier alpha value is -0.800. The van der Waals surface area contributed by atoms with Crippen molar-refractivity contribution in [2.75, 3.05) is 26.2 Å². The zero-order chi connectivity index (χ0) is 12.8. The second-order valence-electron chi connectivity index (χ2n) is 4.66. The molecular weight excluding hydrogens is 210 g/mol. The minimum Gasteiger partial charge on any atom is -0.352 e. The van der Waals surface area contributed by atoms with Gasteiger partial charge in [0.2, 0.25) is 0 Å². The highest BCUT2D eigenvalue weighted by Crippen LogP contribution is 2.12. The first-order chi connectivity index (χ1) is 8.10. The molecule has 1 N–H and O–H groups in total. The summed E-state index contributed by atoms with van der Waals surface area (Å²) in [6, 6.07) is 2.28. The minimum atomic E-state index is 0.981. The summed E-state index contributed by atoms with van der Waals surface area (Å²) >= 11 is 0. The smallest absolute Gasteiger partial charge is 0.0223 e. The Morgan fingerprint density at radius 1 is 1.24 bits per heavy atom. The molecule has 0 saturated heterocycles. The molecule has 1 aromatic rings. The second-order valence-corrected chi connectivity index (χ2v) is 4.66. The molecule has 0 radical (unpaired) electrons. The Labute approximate surface area is 106 Å². The van der Waals surface area contributed by atoms with Crippen LogP contribution in [0.25, 0.3) is 0 Å². The highest BCUT2D eigenvalue weighted by atomic mass is 15.1. The van der Waals surface area contributed by atoms with E-state index in [0.717, 1.165) is 32.7 Å². The number of rotatable bonds is 7. The van der Waals surface area contributed by atoms with E-state index >= 15 is 0 Å². The fourth-order valence-electron chi connectivity index (χ4n) is 2.11. The van der Waals surface area contributed by atoms with Crippen LogP contribution in [0.5, 0.6) is 0 Å². The van der Waals surface area contributed by atoms with E-state index in [0.29, 0.717) is 0 Å². The average Bonchev–Trinajstić information content (AvgIpc) is 2.57. The van der Waals surface area contributed by atoms with Crippen molar-refractivity contribution in [3.63, 3.8) is 0 Å². The fraction of sp³-hybridized carbons (Fsp3) is 0.714. The SMILES string of the molecule is CCN(CC)CCNCc1cc(C)n(C)c1C. The number of aromatic nitrogens is 1. The zero-order valence-electron chi connectivity index (χ0n) is 12.0. The Balaban J connectivity index is 2.33. The lowest BCUT2D eigenvalue weighted by Gasteiger charge is -2.17. The van der Waals surface area contributed by atoms with Gasteiger partial charge < -0.3 is 14.8 Å². The summed E-state index contributed by atoms with van der Waals surface area (Å²) in [5, 5.41) is 3.53. The molecule has 1 aromatic heterocycles. The van der Waals surface area contributed by atoms with Gasteiger partial charge in [-0.2, -0.15) is 0 Å². The lowest BCUT2D eigenvalue weighted by atomic mass is 10.2. The lowest BCUT2D eigenvalue weighted by Crippen LogP contribution is -2.31. The molecule has 1 rings (SSSR count). The third-order valence-electron chi connectivity index (χ3n) is 3.69. The van der Waals surface area contributed by atoms with Crippen molar-refractivity contribution in [3.05, 3.63) is 23.0 Å². The van der Waals surface area contributed by atoms with Gasteiger partial charge in [-0.1, -0.05) is 13.8 Å². The first-order valence-electron chi connectivity index (χ1n) is 6.65. The van der Waals surface area contributed by atoms with Gasteiger partial charge in [-0.3, -0.25) is 0 Å². The monoisotopic (exact) mass is 237 g/mol. The third-order valence-corrected chi connectivity index (χ3v) is 3.69. The highest BCUT2D eigenvalue weighted by Gasteiger charge is 2.05. The molecule has 0 unspecified atom stereocenters. The van der Waals surface area contributed by atoms with Crippen LogP contribution in [0.3, 0.4) is 0 Å². The van der Waals surface area contributed by atoms with E-state index < -0.39 is 0 Å². The summed E-state index contributed by atoms with van der Waals surface area (Å²) in [7, 11) is 2.13. The van der Waals surface area contributed by atoms with Crippen LogP contribution < -0.4 is 5.32 Å². The number of hydrogen-bond donors (Lipinski definition) is 1. The molecule has 0 spiro atoms. The summed E-state index contributed by atoms with van der Waals surface area (Å²) in [6.07, 6.45) is 0. The predicted octanol–water partition coefficient (Wildman–Crippen LogP) is 2.07. The molecule has 3 heteroatoms. The summed E-state index contributed by atoms with van der Waals surface area (Å²) in [6.45, 7) is 14.2. The topological polar surface area (TPSA) is 20.2 Å². The Bertz CT molecular complexity index is 337. The van der Waals surface area contributed by atoms with Crippen molar-refractivity contribution in [2.24, 2.45) is 7.05 Å². The summed E-state index contributed by atoms with van der Waals surface area (Å²) < 4.78 is 2.25. The third kappa shape index (κ3) is 3.86. The van der Waals surface area contributed by atoms with Gasteiger partial charge in [-0.15, -0.1) is 0 Å². The molecule has 0 fully saturated rings. The van der Waals surface area contributed by atoms with Crippen LogP contribution in [0.4, 0.5) is 0 Å². The molecule has 0 amide bonds. The van der Waals surface area contributed by atoms with Crippen LogP contribution in [0.1, 0.15) is 30.8 Å². The molecule has 17 heavy (non-hydrogen) atoms. The van der Waals surface area contributed by atoms with Crippen molar-refractivity contribution in [2.45, 2.75) is 34.2 Å². The molecule has 1 heterocycles. The van der Waals surface area contributed by atoms with Crippen molar-refractivity contribution in [1.29, 1.82) is 0 Å². The van der Waals surface area contributed by atoms with E-state index in [4.69, 9.17) is 0 Å². The standard InChI is InChI=1S/C14H27N3/c1-6-17(7-2)9-8-15-11-14-10-12(3)16(5)13(14)4/h10,15H,6-9,11H2,1-5H3. The molecule has 0 atom stereocenters. The van der Waals surface area contributed by atoms with Crippen LogP contribution in [-0.4, -0.2) is 35.6 Å². The van der Waals surface area contributed by atoms with Gasteiger partial charge in [0.15, 0.2) is 0 Å². The number of nitrogens with one attached hydrogen (secondary N) is 1. The normalized spacial score (nSPS) is 11.4. The van der Waals surface area contributed by atoms with E-state index in [1.54, 1.807) is 0 Å². The molecule has 0 bridgehead atoms. The first kappa shape index (κ1) is 14.3. The minimum absolute atomic E-state index is 0.981. The summed E-state index contributed by atoms with van der Waals surface area (Å²) in [4.78, 5) is 2.44. The number of nitrogens with zero attached hydrogens (tertiary/aromatic N) is 2. The molecular formula is C14H27N3. The average molecular weight is 237 g/mol. The van der Waals surface area contributed by atoms with E-state index in [1.807, 2.05) is 0 Å². The van der Waals surface area contributed by atoms with Gasteiger partial charge in [0.25, 0.3) is 0 Å². The van der Waals surface area contributed by atoms with E-state index in [1.165, 1.54) is 17.0 Å². The van der Waals surface area contributed by atoms with E-state index in [-0.39, 0.29) is 0 Å². The van der Waals surface area contributed by atoms with Gasteiger partial charge in [-0.05, 0) is 38.6 Å². The molecule has 0 saturated carbocycles. The van der Waals surface area contributed by atoms with Gasteiger partial charge >= 0.3 is 0 Å². The van der Waals surface area contributed by atoms with E-state index in [9.17, 15) is 0 Å². The number of hydrogen-bond acceptors (Lipinski definition) is 2. The van der Waals surface area contributed by atoms with Crippen LogP contribution in [-0.2, 0) is 13.6 Å². The van der Waals surface area contributed by atoms with Crippen LogP contribution in [0.15, 0.2) is 6.07 Å². The molecule has 0 aliphatic rings. The van der Waals surface area contributed by atoms with Crippen LogP contribution in [0, 0.1) is 13.8 Å². The quantitative estimate of drug-likeness (QED) is 0.733. The maximum absolute atomic E-state index is 3.53. The summed E-state index contributed by atoms with van der Waals surface area (Å²) in [5.74, 6) is 0. The molecule has 0 aromatic carbocycles. The van der Waals surface area contributed by atoms with Gasteiger partial charge in [0.1, 0.15) is 0 Å². The first-order valence-corrected chi connectivity index (χ1v) is 6.65. The fourth-order valence-corrected chi connectivity index (χ4v) is 2.11. The summed E-state index contributed by atoms with van der Waals surface area (Å²) in [5.41, 5.74) is 4.13. The van der Waals surface area contributed by atoms with Crippen molar-refractivity contribution >= 4 is 0 Å². The second kappa shape index (κ2) is 6.82. The molecule has 0 aliphatic carbocycles. The van der Waals surface area contributed by atoms with Crippen molar-refractivity contribution in [1.82, 2.24) is 14.8 Å². The van der Waals surface area contributed by atoms with Crippen LogP contribution >= 0.6 is 0 Å². The van der Waals surface area contributed by atoms with Gasteiger partial charge in [-0.25, -0.2) is 0 Å². The number of aryl methyl sites for hydroxylation is 1. The van der Waals surface area contributed by atoms with Crippen LogP contribution in [0.2, 0.25) is 0 Å². The Morgan fingerprint density at radius 3 is 2.35 bits per heavy atom. The highest BCUT2D eigenvalue weighted by molar-refractivity contribution is 5.26. The van der Waals surface area contributed by atoms with Gasteiger partial charge in [0, 0.05) is 38.1 Å². The van der Waals surface area contributed by atoms with Crippen molar-refractivity contribution in [3.8, 4) is 0 Å². The van der Waals surface area contributed by atoms with Crippen molar-refractivity contribution < 1.29 is 0 Å². The Kier molecular flexibility index (Phi) is 5.72. The zero-order valence-corrected chi connectivity index (χ0v) is 12.0. The largest absolute Gasteiger partial charge is 0.352 e. The molecule has 3 nitrogen and oxygen atoms in total. The number of likely N-dealkylation sites (N-methyl/N-ethyl adjacent to an activating group) is 1. The Morgan fingerprint density at radius 2 is 1.88 bits per heavy atom. The van der Waals surface area contributed by atoms with Gasteiger partial charge in [0.05, 0.1) is 0 Å². The maximum Gasteiger partial charge on any atom is 0.0223 e. The molecule has 98 valence electrons.